The molecule has 0 radical (unpaired) electrons. The zero-order valence-electron chi connectivity index (χ0n) is 30.7. The highest BCUT2D eigenvalue weighted by Crippen LogP contribution is 2.48. The number of hydrogen-bond acceptors (Lipinski definition) is 8. The fourth-order valence-electron chi connectivity index (χ4n) is 5.75. The van der Waals surface area contributed by atoms with Crippen molar-refractivity contribution in [3.05, 3.63) is 95.6 Å². The zero-order chi connectivity index (χ0) is 36.4. The molecule has 0 aromatic heterocycles. The molecule has 0 saturated heterocycles. The third kappa shape index (κ3) is 11.0. The summed E-state index contributed by atoms with van der Waals surface area (Å²) in [5, 5.41) is 0. The Morgan fingerprint density at radius 2 is 1.22 bits per heavy atom. The van der Waals surface area contributed by atoms with Crippen LogP contribution in [0.15, 0.2) is 78.9 Å². The van der Waals surface area contributed by atoms with Crippen molar-refractivity contribution in [1.82, 2.24) is 4.67 Å². The van der Waals surface area contributed by atoms with Crippen LogP contribution in [0.2, 0.25) is 0 Å². The molecule has 0 aliphatic rings. The molecule has 2 atom stereocenters. The molecule has 270 valence electrons. The van der Waals surface area contributed by atoms with Crippen LogP contribution in [0.25, 0.3) is 0 Å². The van der Waals surface area contributed by atoms with Gasteiger partial charge in [-0.3, -0.25) is 0 Å². The number of ether oxygens (including phenoxy) is 5. The van der Waals surface area contributed by atoms with Crippen LogP contribution in [0.1, 0.15) is 57.7 Å². The number of methoxy groups -OCH3 is 2. The molecule has 0 N–H and O–H groups in total. The Hall–Kier alpha value is -3.43. The number of terminal acetylenes is 2. The van der Waals surface area contributed by atoms with Crippen LogP contribution in [-0.4, -0.2) is 77.2 Å². The van der Waals surface area contributed by atoms with Gasteiger partial charge < -0.3 is 32.7 Å². The van der Waals surface area contributed by atoms with E-state index in [1.165, 1.54) is 0 Å². The Labute approximate surface area is 301 Å². The van der Waals surface area contributed by atoms with E-state index >= 15 is 0 Å². The molecule has 3 rings (SSSR count). The molecule has 0 aliphatic heterocycles. The lowest BCUT2D eigenvalue weighted by Crippen LogP contribution is -2.46. The molecule has 0 spiro atoms. The number of nitrogens with zero attached hydrogens (tertiary/aromatic N) is 1. The van der Waals surface area contributed by atoms with Crippen LogP contribution >= 0.6 is 8.53 Å². The summed E-state index contributed by atoms with van der Waals surface area (Å²) in [4.78, 5) is 0. The molecule has 0 fully saturated rings. The molecule has 2 unspecified atom stereocenters. The van der Waals surface area contributed by atoms with Crippen LogP contribution in [0.3, 0.4) is 0 Å². The normalized spacial score (nSPS) is 13.5. The lowest BCUT2D eigenvalue weighted by atomic mass is 9.79. The van der Waals surface area contributed by atoms with Crippen molar-refractivity contribution in [3.8, 4) is 36.2 Å². The van der Waals surface area contributed by atoms with Crippen molar-refractivity contribution in [3.63, 3.8) is 0 Å². The predicted octanol–water partition coefficient (Wildman–Crippen LogP) is 8.09. The quantitative estimate of drug-likeness (QED) is 0.0425. The van der Waals surface area contributed by atoms with Gasteiger partial charge in [-0.1, -0.05) is 60.5 Å². The molecule has 0 bridgehead atoms. The SMILES string of the molecule is C#CCCOP(OCC(COCC)(COCC#C)COC(c1ccccc1)(c1ccc(OC)cc1)c1ccc(OC)cc1)N(C(C)C)C(C)C. The van der Waals surface area contributed by atoms with E-state index in [1.54, 1.807) is 14.2 Å². The molecular formula is C41H54NO7P. The lowest BCUT2D eigenvalue weighted by molar-refractivity contribution is -0.113. The van der Waals surface area contributed by atoms with E-state index in [0.29, 0.717) is 26.2 Å². The summed E-state index contributed by atoms with van der Waals surface area (Å²) in [5.74, 6) is 6.75. The highest BCUT2D eigenvalue weighted by Gasteiger charge is 2.43. The first-order chi connectivity index (χ1) is 24.2. The third-order valence-corrected chi connectivity index (χ3v) is 10.2. The molecule has 0 aliphatic carbocycles. The molecule has 0 amide bonds. The largest absolute Gasteiger partial charge is 0.497 e. The summed E-state index contributed by atoms with van der Waals surface area (Å²) in [6.45, 7) is 12.4. The standard InChI is InChI=1S/C41H54NO7P/c1-10-13-28-48-50(42(33(4)5)34(6)7)49-32-40(29-45-12-3,30-46-27-11-2)31-47-41(35-17-15-14-16-18-35,36-19-23-38(43-8)24-20-36)37-21-25-39(44-9)26-22-37/h1-2,14-26,33-34H,12-13,27-32H2,3-9H3. The Bertz CT molecular complexity index is 1410. The van der Waals surface area contributed by atoms with Gasteiger partial charge in [-0.2, -0.15) is 0 Å². The maximum absolute atomic E-state index is 7.37. The van der Waals surface area contributed by atoms with E-state index in [-0.39, 0.29) is 38.5 Å². The molecule has 3 aromatic rings. The number of rotatable bonds is 23. The van der Waals surface area contributed by atoms with Crippen LogP contribution in [-0.2, 0) is 28.9 Å². The van der Waals surface area contributed by atoms with Crippen molar-refractivity contribution in [2.24, 2.45) is 5.41 Å². The number of hydrogen-bond donors (Lipinski definition) is 0. The second-order valence-electron chi connectivity index (χ2n) is 12.5. The maximum atomic E-state index is 7.37. The highest BCUT2D eigenvalue weighted by atomic mass is 31.2. The predicted molar refractivity (Wildman–Crippen MR) is 201 cm³/mol. The summed E-state index contributed by atoms with van der Waals surface area (Å²) in [6, 6.07) is 26.4. The zero-order valence-corrected chi connectivity index (χ0v) is 31.6. The average molecular weight is 704 g/mol. The molecule has 9 heteroatoms. The summed E-state index contributed by atoms with van der Waals surface area (Å²) < 4.78 is 46.0. The summed E-state index contributed by atoms with van der Waals surface area (Å²) in [6.07, 6.45) is 11.7. The van der Waals surface area contributed by atoms with Crippen molar-refractivity contribution in [2.45, 2.75) is 58.7 Å². The Morgan fingerprint density at radius 1 is 0.680 bits per heavy atom. The van der Waals surface area contributed by atoms with Crippen LogP contribution in [0.4, 0.5) is 0 Å². The molecular weight excluding hydrogens is 649 g/mol. The van der Waals surface area contributed by atoms with Gasteiger partial charge in [0.1, 0.15) is 23.7 Å². The van der Waals surface area contributed by atoms with Gasteiger partial charge in [0.05, 0.1) is 52.7 Å². The molecule has 3 aromatic carbocycles. The van der Waals surface area contributed by atoms with Crippen molar-refractivity contribution in [2.75, 3.05) is 60.5 Å². The molecule has 8 nitrogen and oxygen atoms in total. The van der Waals surface area contributed by atoms with Crippen molar-refractivity contribution >= 4 is 8.53 Å². The van der Waals surface area contributed by atoms with Crippen molar-refractivity contribution in [1.29, 1.82) is 0 Å². The van der Waals surface area contributed by atoms with E-state index in [2.05, 4.69) is 56.3 Å². The Kier molecular flexibility index (Phi) is 17.3. The van der Waals surface area contributed by atoms with Gasteiger partial charge in [-0.15, -0.1) is 18.8 Å². The molecule has 0 heterocycles. The second kappa shape index (κ2) is 21.1. The number of benzene rings is 3. The van der Waals surface area contributed by atoms with Gasteiger partial charge in [-0.25, -0.2) is 4.67 Å². The van der Waals surface area contributed by atoms with E-state index < -0.39 is 19.5 Å². The van der Waals surface area contributed by atoms with E-state index in [1.807, 2.05) is 73.7 Å². The minimum absolute atomic E-state index is 0.131. The summed E-state index contributed by atoms with van der Waals surface area (Å²) in [5.41, 5.74) is 0.921. The van der Waals surface area contributed by atoms with Gasteiger partial charge >= 0.3 is 0 Å². The van der Waals surface area contributed by atoms with Crippen LogP contribution in [0.5, 0.6) is 11.5 Å². The van der Waals surface area contributed by atoms with Crippen LogP contribution < -0.4 is 9.47 Å². The summed E-state index contributed by atoms with van der Waals surface area (Å²) in [7, 11) is 1.82. The minimum atomic E-state index is -1.49. The van der Waals surface area contributed by atoms with Gasteiger partial charge in [0.2, 0.25) is 0 Å². The topological polar surface area (TPSA) is 67.9 Å². The monoisotopic (exact) mass is 703 g/mol. The molecule has 0 saturated carbocycles. The smallest absolute Gasteiger partial charge is 0.259 e. The average Bonchev–Trinajstić information content (AvgIpc) is 3.13. The van der Waals surface area contributed by atoms with E-state index in [4.69, 9.17) is 45.6 Å². The van der Waals surface area contributed by atoms with Gasteiger partial charge in [0.25, 0.3) is 8.53 Å². The second-order valence-corrected chi connectivity index (χ2v) is 13.9. The lowest BCUT2D eigenvalue weighted by Gasteiger charge is -2.42. The first-order valence-corrected chi connectivity index (χ1v) is 18.2. The van der Waals surface area contributed by atoms with E-state index in [0.717, 1.165) is 28.2 Å². The first-order valence-electron chi connectivity index (χ1n) is 17.0. The van der Waals surface area contributed by atoms with Gasteiger partial charge in [0, 0.05) is 25.1 Å². The molecule has 50 heavy (non-hydrogen) atoms. The minimum Gasteiger partial charge on any atom is -0.497 e. The Balaban J connectivity index is 2.19. The highest BCUT2D eigenvalue weighted by molar-refractivity contribution is 7.44. The fourth-order valence-corrected chi connectivity index (χ4v) is 7.48. The summed E-state index contributed by atoms with van der Waals surface area (Å²) >= 11 is 0. The Morgan fingerprint density at radius 3 is 1.70 bits per heavy atom. The van der Waals surface area contributed by atoms with E-state index in [9.17, 15) is 0 Å². The van der Waals surface area contributed by atoms with Crippen molar-refractivity contribution < 1.29 is 32.7 Å². The maximum Gasteiger partial charge on any atom is 0.259 e. The van der Waals surface area contributed by atoms with Gasteiger partial charge in [0.15, 0.2) is 0 Å². The first kappa shape index (κ1) is 41.0. The fraction of sp³-hybridized carbons (Fsp3) is 0.463. The van der Waals surface area contributed by atoms with Crippen LogP contribution in [0, 0.1) is 30.1 Å². The van der Waals surface area contributed by atoms with Gasteiger partial charge in [-0.05, 0) is 75.6 Å². The third-order valence-electron chi connectivity index (χ3n) is 8.15.